The molecule has 1 aromatic rings. The molecule has 0 saturated heterocycles. The van der Waals surface area contributed by atoms with Gasteiger partial charge in [0.2, 0.25) is 0 Å². The van der Waals surface area contributed by atoms with Crippen LogP contribution in [0.15, 0.2) is 18.2 Å². The van der Waals surface area contributed by atoms with E-state index >= 15 is 0 Å². The van der Waals surface area contributed by atoms with E-state index < -0.39 is 17.6 Å². The van der Waals surface area contributed by atoms with E-state index in [0.29, 0.717) is 23.9 Å². The van der Waals surface area contributed by atoms with Gasteiger partial charge in [0, 0.05) is 6.04 Å². The Morgan fingerprint density at radius 1 is 1.30 bits per heavy atom. The van der Waals surface area contributed by atoms with E-state index in [1.807, 2.05) is 6.92 Å². The van der Waals surface area contributed by atoms with Gasteiger partial charge in [-0.05, 0) is 48.9 Å². The summed E-state index contributed by atoms with van der Waals surface area (Å²) in [6.07, 6.45) is -2.35. The van der Waals surface area contributed by atoms with Crippen LogP contribution in [0.25, 0.3) is 0 Å². The van der Waals surface area contributed by atoms with E-state index in [4.69, 9.17) is 0 Å². The third kappa shape index (κ3) is 3.32. The lowest BCUT2D eigenvalue weighted by atomic mass is 9.90. The molecule has 2 unspecified atom stereocenters. The summed E-state index contributed by atoms with van der Waals surface area (Å²) >= 11 is 0. The van der Waals surface area contributed by atoms with Crippen LogP contribution in [0.2, 0.25) is 0 Å². The van der Waals surface area contributed by atoms with Crippen LogP contribution in [0.3, 0.4) is 0 Å². The standard InChI is InChI=1S/C15H19F4N/c1-3-20-14(9(2)10-4-5-10)11-6-7-12(13(16)8-11)15(17,18)19/h6-10,14,20H,3-5H2,1-2H3. The largest absolute Gasteiger partial charge is 0.419 e. The van der Waals surface area contributed by atoms with Gasteiger partial charge in [0.25, 0.3) is 0 Å². The Bertz CT molecular complexity index is 465. The summed E-state index contributed by atoms with van der Waals surface area (Å²) in [5.74, 6) is -0.309. The molecule has 2 atom stereocenters. The van der Waals surface area contributed by atoms with Gasteiger partial charge < -0.3 is 5.32 Å². The summed E-state index contributed by atoms with van der Waals surface area (Å²) in [6, 6.07) is 3.16. The Kier molecular flexibility index (Phi) is 4.37. The molecule has 0 spiro atoms. The number of alkyl halides is 3. The SMILES string of the molecule is CCNC(c1ccc(C(F)(F)F)c(F)c1)C(C)C1CC1. The monoisotopic (exact) mass is 289 g/mol. The zero-order chi connectivity index (χ0) is 14.9. The number of nitrogens with one attached hydrogen (secondary N) is 1. The van der Waals surface area contributed by atoms with Crippen molar-refractivity contribution < 1.29 is 17.6 Å². The van der Waals surface area contributed by atoms with Crippen LogP contribution in [0.4, 0.5) is 17.6 Å². The maximum atomic E-state index is 13.7. The van der Waals surface area contributed by atoms with Crippen LogP contribution in [0, 0.1) is 17.7 Å². The molecule has 1 aliphatic carbocycles. The maximum Gasteiger partial charge on any atom is 0.419 e. The first-order chi connectivity index (χ1) is 9.34. The van der Waals surface area contributed by atoms with Crippen LogP contribution in [0.5, 0.6) is 0 Å². The molecule has 1 N–H and O–H groups in total. The highest BCUT2D eigenvalue weighted by atomic mass is 19.4. The Hall–Kier alpha value is -1.10. The molecular formula is C15H19F4N. The van der Waals surface area contributed by atoms with Crippen LogP contribution in [-0.4, -0.2) is 6.54 Å². The highest BCUT2D eigenvalue weighted by Gasteiger charge is 2.36. The number of benzene rings is 1. The third-order valence-electron chi connectivity index (χ3n) is 3.97. The van der Waals surface area contributed by atoms with Crippen LogP contribution < -0.4 is 5.32 Å². The number of halogens is 4. The molecule has 5 heteroatoms. The molecule has 1 aliphatic rings. The summed E-state index contributed by atoms with van der Waals surface area (Å²) in [5.41, 5.74) is -0.604. The molecular weight excluding hydrogens is 270 g/mol. The van der Waals surface area contributed by atoms with Crippen molar-refractivity contribution in [2.75, 3.05) is 6.54 Å². The zero-order valence-corrected chi connectivity index (χ0v) is 11.6. The molecule has 0 amide bonds. The van der Waals surface area contributed by atoms with Crippen molar-refractivity contribution in [3.63, 3.8) is 0 Å². The van der Waals surface area contributed by atoms with Crippen LogP contribution >= 0.6 is 0 Å². The Labute approximate surface area is 116 Å². The summed E-state index contributed by atoms with van der Waals surface area (Å²) in [7, 11) is 0. The number of hydrogen-bond acceptors (Lipinski definition) is 1. The minimum absolute atomic E-state index is 0.0933. The third-order valence-corrected chi connectivity index (χ3v) is 3.97. The van der Waals surface area contributed by atoms with E-state index in [1.54, 1.807) is 0 Å². The van der Waals surface area contributed by atoms with Gasteiger partial charge in [-0.1, -0.05) is 19.9 Å². The molecule has 2 rings (SSSR count). The van der Waals surface area contributed by atoms with Crippen LogP contribution in [0.1, 0.15) is 43.9 Å². The molecule has 1 saturated carbocycles. The number of rotatable bonds is 5. The summed E-state index contributed by atoms with van der Waals surface area (Å²) in [4.78, 5) is 0. The van der Waals surface area contributed by atoms with Gasteiger partial charge in [-0.25, -0.2) is 4.39 Å². The average molecular weight is 289 g/mol. The van der Waals surface area contributed by atoms with E-state index in [2.05, 4.69) is 12.2 Å². The first kappa shape index (κ1) is 15.3. The molecule has 0 aromatic heterocycles. The fraction of sp³-hybridized carbons (Fsp3) is 0.600. The van der Waals surface area contributed by atoms with Crippen molar-refractivity contribution in [2.45, 2.75) is 38.9 Å². The van der Waals surface area contributed by atoms with Crippen LogP contribution in [-0.2, 0) is 6.18 Å². The zero-order valence-electron chi connectivity index (χ0n) is 11.6. The second-order valence-corrected chi connectivity index (χ2v) is 5.47. The Morgan fingerprint density at radius 3 is 2.40 bits per heavy atom. The lowest BCUT2D eigenvalue weighted by molar-refractivity contribution is -0.140. The molecule has 20 heavy (non-hydrogen) atoms. The predicted molar refractivity (Wildman–Crippen MR) is 69.7 cm³/mol. The molecule has 1 aromatic carbocycles. The highest BCUT2D eigenvalue weighted by Crippen LogP contribution is 2.43. The minimum atomic E-state index is -4.64. The van der Waals surface area contributed by atoms with E-state index in [0.717, 1.165) is 25.0 Å². The second kappa shape index (κ2) is 5.72. The fourth-order valence-electron chi connectivity index (χ4n) is 2.68. The van der Waals surface area contributed by atoms with Gasteiger partial charge in [0.1, 0.15) is 5.82 Å². The molecule has 1 fully saturated rings. The molecule has 0 aliphatic heterocycles. The van der Waals surface area contributed by atoms with Crippen molar-refractivity contribution in [2.24, 2.45) is 11.8 Å². The van der Waals surface area contributed by atoms with Crippen molar-refractivity contribution in [3.05, 3.63) is 35.1 Å². The van der Waals surface area contributed by atoms with E-state index in [1.165, 1.54) is 6.07 Å². The first-order valence-electron chi connectivity index (χ1n) is 6.94. The Balaban J connectivity index is 2.27. The molecule has 0 radical (unpaired) electrons. The van der Waals surface area contributed by atoms with Gasteiger partial charge in [-0.15, -0.1) is 0 Å². The number of hydrogen-bond donors (Lipinski definition) is 1. The molecule has 0 heterocycles. The highest BCUT2D eigenvalue weighted by molar-refractivity contribution is 5.29. The quantitative estimate of drug-likeness (QED) is 0.785. The van der Waals surface area contributed by atoms with Crippen molar-refractivity contribution in [1.29, 1.82) is 0 Å². The second-order valence-electron chi connectivity index (χ2n) is 5.47. The lowest BCUT2D eigenvalue weighted by Crippen LogP contribution is -2.28. The first-order valence-corrected chi connectivity index (χ1v) is 6.94. The summed E-state index contributed by atoms with van der Waals surface area (Å²) in [6.45, 7) is 4.71. The fourth-order valence-corrected chi connectivity index (χ4v) is 2.68. The molecule has 1 nitrogen and oxygen atoms in total. The van der Waals surface area contributed by atoms with Gasteiger partial charge in [0.15, 0.2) is 0 Å². The van der Waals surface area contributed by atoms with Gasteiger partial charge >= 0.3 is 6.18 Å². The summed E-state index contributed by atoms with van der Waals surface area (Å²) < 4.78 is 51.4. The van der Waals surface area contributed by atoms with Crippen molar-refractivity contribution in [1.82, 2.24) is 5.32 Å². The van der Waals surface area contributed by atoms with Gasteiger partial charge in [-0.3, -0.25) is 0 Å². The van der Waals surface area contributed by atoms with E-state index in [-0.39, 0.29) is 6.04 Å². The Morgan fingerprint density at radius 2 is 1.95 bits per heavy atom. The molecule has 0 bridgehead atoms. The van der Waals surface area contributed by atoms with Crippen molar-refractivity contribution >= 4 is 0 Å². The predicted octanol–water partition coefficient (Wildman–Crippen LogP) is 4.54. The minimum Gasteiger partial charge on any atom is -0.310 e. The maximum absolute atomic E-state index is 13.7. The lowest BCUT2D eigenvalue weighted by Gasteiger charge is -2.25. The summed E-state index contributed by atoms with van der Waals surface area (Å²) in [5, 5.41) is 3.26. The van der Waals surface area contributed by atoms with Crippen molar-refractivity contribution in [3.8, 4) is 0 Å². The smallest absolute Gasteiger partial charge is 0.310 e. The topological polar surface area (TPSA) is 12.0 Å². The average Bonchev–Trinajstić information content (AvgIpc) is 3.17. The van der Waals surface area contributed by atoms with Gasteiger partial charge in [-0.2, -0.15) is 13.2 Å². The normalized spacial score (nSPS) is 18.9. The van der Waals surface area contributed by atoms with Gasteiger partial charge in [0.05, 0.1) is 5.56 Å². The molecule has 112 valence electrons. The van der Waals surface area contributed by atoms with E-state index in [9.17, 15) is 17.6 Å².